The van der Waals surface area contributed by atoms with E-state index in [-0.39, 0.29) is 6.54 Å². The lowest BCUT2D eigenvalue weighted by molar-refractivity contribution is -0.148. The third kappa shape index (κ3) is 4.11. The summed E-state index contributed by atoms with van der Waals surface area (Å²) in [5.41, 5.74) is 0.321. The number of carbonyl (C=O) groups excluding carboxylic acids is 1. The van der Waals surface area contributed by atoms with Gasteiger partial charge in [-0.15, -0.1) is 0 Å². The molecule has 1 aromatic rings. The van der Waals surface area contributed by atoms with Crippen LogP contribution in [0.15, 0.2) is 18.2 Å². The Balaban J connectivity index is 2.70. The van der Waals surface area contributed by atoms with Crippen LogP contribution in [0.25, 0.3) is 0 Å². The van der Waals surface area contributed by atoms with Gasteiger partial charge < -0.3 is 19.9 Å². The summed E-state index contributed by atoms with van der Waals surface area (Å²) in [5, 5.41) is 11.6. The molecule has 0 spiro atoms. The molecule has 0 aliphatic heterocycles. The van der Waals surface area contributed by atoms with E-state index < -0.39 is 18.0 Å². The molecule has 0 fully saturated rings. The van der Waals surface area contributed by atoms with E-state index in [9.17, 15) is 9.59 Å². The molecular formula is C12H14ClNO5. The smallest absolute Gasteiger partial charge is 0.334 e. The number of rotatable bonds is 6. The van der Waals surface area contributed by atoms with Crippen LogP contribution in [0.5, 0.6) is 5.75 Å². The summed E-state index contributed by atoms with van der Waals surface area (Å²) in [6.07, 6.45) is -1.09. The molecule has 0 radical (unpaired) electrons. The summed E-state index contributed by atoms with van der Waals surface area (Å²) in [6, 6.07) is 4.52. The summed E-state index contributed by atoms with van der Waals surface area (Å²) in [6.45, 7) is -0.129. The Morgan fingerprint density at radius 2 is 2.11 bits per heavy atom. The van der Waals surface area contributed by atoms with E-state index in [1.165, 1.54) is 32.4 Å². The molecule has 1 unspecified atom stereocenters. The Bertz CT molecular complexity index is 477. The quantitative estimate of drug-likeness (QED) is 0.820. The van der Waals surface area contributed by atoms with Gasteiger partial charge in [-0.25, -0.2) is 4.79 Å². The minimum Gasteiger partial charge on any atom is -0.495 e. The summed E-state index contributed by atoms with van der Waals surface area (Å²) in [5.74, 6) is -1.20. The van der Waals surface area contributed by atoms with E-state index in [0.717, 1.165) is 0 Å². The maximum Gasteiger partial charge on any atom is 0.334 e. The highest BCUT2D eigenvalue weighted by Gasteiger charge is 2.18. The van der Waals surface area contributed by atoms with Crippen molar-refractivity contribution in [3.63, 3.8) is 0 Å². The SMILES string of the molecule is COc1cc(C(=O)NCC(OC)C(=O)O)ccc1Cl. The third-order valence-corrected chi connectivity index (χ3v) is 2.73. The van der Waals surface area contributed by atoms with E-state index in [1.807, 2.05) is 0 Å². The van der Waals surface area contributed by atoms with Crippen molar-refractivity contribution in [1.82, 2.24) is 5.32 Å². The zero-order valence-electron chi connectivity index (χ0n) is 10.5. The average molecular weight is 288 g/mol. The fourth-order valence-electron chi connectivity index (χ4n) is 1.36. The lowest BCUT2D eigenvalue weighted by Crippen LogP contribution is -2.37. The second-order valence-electron chi connectivity index (χ2n) is 3.62. The monoisotopic (exact) mass is 287 g/mol. The van der Waals surface area contributed by atoms with Crippen molar-refractivity contribution < 1.29 is 24.2 Å². The molecule has 7 heteroatoms. The highest BCUT2D eigenvalue weighted by atomic mass is 35.5. The second kappa shape index (κ2) is 6.96. The van der Waals surface area contributed by atoms with Gasteiger partial charge in [0.25, 0.3) is 5.91 Å². The normalized spacial score (nSPS) is 11.7. The van der Waals surface area contributed by atoms with Crippen LogP contribution in [0.1, 0.15) is 10.4 Å². The van der Waals surface area contributed by atoms with Crippen molar-refractivity contribution >= 4 is 23.5 Å². The maximum atomic E-state index is 11.8. The van der Waals surface area contributed by atoms with Crippen molar-refractivity contribution in [2.24, 2.45) is 0 Å². The van der Waals surface area contributed by atoms with Crippen LogP contribution in [0.3, 0.4) is 0 Å². The molecule has 0 aliphatic carbocycles. The van der Waals surface area contributed by atoms with Crippen molar-refractivity contribution in [2.75, 3.05) is 20.8 Å². The molecular weight excluding hydrogens is 274 g/mol. The number of carboxylic acids is 1. The number of halogens is 1. The highest BCUT2D eigenvalue weighted by molar-refractivity contribution is 6.32. The van der Waals surface area contributed by atoms with Gasteiger partial charge in [-0.05, 0) is 18.2 Å². The standard InChI is InChI=1S/C12H14ClNO5/c1-18-9-5-7(3-4-8(9)13)11(15)14-6-10(19-2)12(16)17/h3-5,10H,6H2,1-2H3,(H,14,15)(H,16,17). The highest BCUT2D eigenvalue weighted by Crippen LogP contribution is 2.24. The van der Waals surface area contributed by atoms with E-state index in [2.05, 4.69) is 5.32 Å². The van der Waals surface area contributed by atoms with Gasteiger partial charge in [0.15, 0.2) is 6.10 Å². The molecule has 1 aromatic carbocycles. The van der Waals surface area contributed by atoms with Gasteiger partial charge in [0, 0.05) is 12.7 Å². The predicted octanol–water partition coefficient (Wildman–Crippen LogP) is 1.18. The molecule has 0 aromatic heterocycles. The Labute approximate surface area is 115 Å². The average Bonchev–Trinajstić information content (AvgIpc) is 2.39. The third-order valence-electron chi connectivity index (χ3n) is 2.42. The number of aliphatic carboxylic acids is 1. The molecule has 1 rings (SSSR count). The van der Waals surface area contributed by atoms with Crippen LogP contribution in [0, 0.1) is 0 Å². The Hall–Kier alpha value is -1.79. The first-order valence-electron chi connectivity index (χ1n) is 5.37. The van der Waals surface area contributed by atoms with Gasteiger partial charge >= 0.3 is 5.97 Å². The fourth-order valence-corrected chi connectivity index (χ4v) is 1.55. The van der Waals surface area contributed by atoms with Gasteiger partial charge in [0.05, 0.1) is 18.7 Å². The number of hydrogen-bond donors (Lipinski definition) is 2. The van der Waals surface area contributed by atoms with Crippen LogP contribution in [-0.2, 0) is 9.53 Å². The number of nitrogens with one attached hydrogen (secondary N) is 1. The second-order valence-corrected chi connectivity index (χ2v) is 4.03. The summed E-state index contributed by atoms with van der Waals surface area (Å²) >= 11 is 5.84. The molecule has 19 heavy (non-hydrogen) atoms. The number of amides is 1. The van der Waals surface area contributed by atoms with Crippen molar-refractivity contribution in [1.29, 1.82) is 0 Å². The summed E-state index contributed by atoms with van der Waals surface area (Å²) < 4.78 is 9.69. The lowest BCUT2D eigenvalue weighted by atomic mass is 10.2. The summed E-state index contributed by atoms with van der Waals surface area (Å²) in [7, 11) is 2.70. The van der Waals surface area contributed by atoms with Gasteiger partial charge in [-0.1, -0.05) is 11.6 Å². The van der Waals surface area contributed by atoms with Gasteiger partial charge in [-0.3, -0.25) is 4.79 Å². The molecule has 0 aliphatic rings. The van der Waals surface area contributed by atoms with Crippen LogP contribution in [0.4, 0.5) is 0 Å². The number of benzene rings is 1. The molecule has 104 valence electrons. The zero-order chi connectivity index (χ0) is 14.4. The van der Waals surface area contributed by atoms with Crippen molar-refractivity contribution in [3.05, 3.63) is 28.8 Å². The van der Waals surface area contributed by atoms with Gasteiger partial charge in [-0.2, -0.15) is 0 Å². The minimum atomic E-state index is -1.14. The molecule has 0 saturated carbocycles. The first-order chi connectivity index (χ1) is 8.99. The maximum absolute atomic E-state index is 11.8. The molecule has 6 nitrogen and oxygen atoms in total. The summed E-state index contributed by atoms with van der Waals surface area (Å²) in [4.78, 5) is 22.5. The molecule has 1 atom stereocenters. The van der Waals surface area contributed by atoms with E-state index in [4.69, 9.17) is 26.2 Å². The topological polar surface area (TPSA) is 84.9 Å². The number of hydrogen-bond acceptors (Lipinski definition) is 4. The first kappa shape index (κ1) is 15.3. The van der Waals surface area contributed by atoms with Crippen LogP contribution in [-0.4, -0.2) is 43.9 Å². The van der Waals surface area contributed by atoms with Gasteiger partial charge in [0.1, 0.15) is 5.75 Å². The molecule has 2 N–H and O–H groups in total. The van der Waals surface area contributed by atoms with E-state index in [1.54, 1.807) is 0 Å². The predicted molar refractivity (Wildman–Crippen MR) is 68.8 cm³/mol. The van der Waals surface area contributed by atoms with Crippen LogP contribution in [0.2, 0.25) is 5.02 Å². The van der Waals surface area contributed by atoms with Crippen LogP contribution < -0.4 is 10.1 Å². The molecule has 0 heterocycles. The zero-order valence-corrected chi connectivity index (χ0v) is 11.2. The minimum absolute atomic E-state index is 0.129. The number of carboxylic acid groups (broad SMARTS) is 1. The largest absolute Gasteiger partial charge is 0.495 e. The number of ether oxygens (including phenoxy) is 2. The molecule has 0 bridgehead atoms. The van der Waals surface area contributed by atoms with Gasteiger partial charge in [0.2, 0.25) is 0 Å². The Morgan fingerprint density at radius 1 is 1.42 bits per heavy atom. The Kier molecular flexibility index (Phi) is 5.59. The van der Waals surface area contributed by atoms with E-state index in [0.29, 0.717) is 16.3 Å². The first-order valence-corrected chi connectivity index (χ1v) is 5.74. The van der Waals surface area contributed by atoms with Crippen molar-refractivity contribution in [3.8, 4) is 5.75 Å². The molecule has 1 amide bonds. The lowest BCUT2D eigenvalue weighted by Gasteiger charge is -2.12. The van der Waals surface area contributed by atoms with E-state index >= 15 is 0 Å². The van der Waals surface area contributed by atoms with Crippen molar-refractivity contribution in [2.45, 2.75) is 6.10 Å². The Morgan fingerprint density at radius 3 is 2.63 bits per heavy atom. The molecule has 0 saturated heterocycles. The number of carbonyl (C=O) groups is 2. The number of methoxy groups -OCH3 is 2. The van der Waals surface area contributed by atoms with Crippen LogP contribution >= 0.6 is 11.6 Å². The fraction of sp³-hybridized carbons (Fsp3) is 0.333.